The molecule has 0 N–H and O–H groups in total. The maximum absolute atomic E-state index is 13.2. The number of anilines is 2. The molecule has 0 aromatic heterocycles. The Morgan fingerprint density at radius 1 is 0.885 bits per heavy atom. The number of carbonyl (C=O) groups is 1. The van der Waals surface area contributed by atoms with Crippen molar-refractivity contribution in [3.63, 3.8) is 0 Å². The third kappa shape index (κ3) is 3.76. The number of para-hydroxylation sites is 2. The lowest BCUT2D eigenvalue weighted by Gasteiger charge is -2.23. The molecule has 1 fully saturated rings. The van der Waals surface area contributed by atoms with Crippen LogP contribution in [0, 0.1) is 0 Å². The van der Waals surface area contributed by atoms with Crippen molar-refractivity contribution >= 4 is 17.3 Å². The van der Waals surface area contributed by atoms with E-state index in [1.807, 2.05) is 72.8 Å². The normalized spacial score (nSPS) is 15.3. The minimum atomic E-state index is -0.0838. The smallest absolute Gasteiger partial charge is 0.262 e. The Balaban J connectivity index is 1.59. The maximum atomic E-state index is 13.2. The van der Waals surface area contributed by atoms with Gasteiger partial charge in [0, 0.05) is 16.9 Å². The van der Waals surface area contributed by atoms with Gasteiger partial charge in [-0.25, -0.2) is 0 Å². The molecule has 1 amide bonds. The summed E-state index contributed by atoms with van der Waals surface area (Å²) in [4.78, 5) is 14.9. The second-order valence-electron chi connectivity index (χ2n) is 6.10. The van der Waals surface area contributed by atoms with Crippen LogP contribution in [0.15, 0.2) is 84.9 Å². The highest BCUT2D eigenvalue weighted by Gasteiger charge is 2.23. The van der Waals surface area contributed by atoms with Gasteiger partial charge >= 0.3 is 0 Å². The lowest BCUT2D eigenvalue weighted by molar-refractivity contribution is 0.0999. The van der Waals surface area contributed by atoms with Crippen LogP contribution in [-0.4, -0.2) is 25.2 Å². The van der Waals surface area contributed by atoms with E-state index in [2.05, 4.69) is 0 Å². The third-order valence-electron chi connectivity index (χ3n) is 4.17. The summed E-state index contributed by atoms with van der Waals surface area (Å²) in [6, 6.07) is 26.5. The molecular formula is C22H19NO3. The SMILES string of the molecule is O=C(c1ccc(OCC2CO2)cc1)N(c1ccccc1)c1ccccc1. The van der Waals surface area contributed by atoms with Gasteiger partial charge in [-0.3, -0.25) is 9.69 Å². The van der Waals surface area contributed by atoms with Gasteiger partial charge in [0.2, 0.25) is 0 Å². The van der Waals surface area contributed by atoms with Gasteiger partial charge < -0.3 is 9.47 Å². The van der Waals surface area contributed by atoms with Gasteiger partial charge in [0.1, 0.15) is 18.5 Å². The molecular weight excluding hydrogens is 326 g/mol. The summed E-state index contributed by atoms with van der Waals surface area (Å²) in [5.41, 5.74) is 2.26. The monoisotopic (exact) mass is 345 g/mol. The van der Waals surface area contributed by atoms with Crippen LogP contribution in [-0.2, 0) is 4.74 Å². The fourth-order valence-corrected chi connectivity index (χ4v) is 2.71. The predicted molar refractivity (Wildman–Crippen MR) is 101 cm³/mol. The van der Waals surface area contributed by atoms with Crippen molar-refractivity contribution in [2.75, 3.05) is 18.1 Å². The molecule has 3 aromatic carbocycles. The van der Waals surface area contributed by atoms with E-state index in [0.717, 1.165) is 23.7 Å². The number of hydrogen-bond donors (Lipinski definition) is 0. The molecule has 130 valence electrons. The average molecular weight is 345 g/mol. The standard InChI is InChI=1S/C22H19NO3/c24-22(17-11-13-20(14-12-17)25-15-21-16-26-21)23(18-7-3-1-4-8-18)19-9-5-2-6-10-19/h1-14,21H,15-16H2. The number of ether oxygens (including phenoxy) is 2. The molecule has 1 atom stereocenters. The van der Waals surface area contributed by atoms with E-state index in [1.165, 1.54) is 0 Å². The van der Waals surface area contributed by atoms with Crippen molar-refractivity contribution in [2.45, 2.75) is 6.10 Å². The minimum absolute atomic E-state index is 0.0838. The van der Waals surface area contributed by atoms with E-state index < -0.39 is 0 Å². The summed E-state index contributed by atoms with van der Waals surface area (Å²) in [7, 11) is 0. The fourth-order valence-electron chi connectivity index (χ4n) is 2.71. The number of hydrogen-bond acceptors (Lipinski definition) is 3. The highest BCUT2D eigenvalue weighted by Crippen LogP contribution is 2.27. The van der Waals surface area contributed by atoms with Gasteiger partial charge in [-0.1, -0.05) is 36.4 Å². The van der Waals surface area contributed by atoms with Crippen molar-refractivity contribution in [1.82, 2.24) is 0 Å². The molecule has 1 aliphatic heterocycles. The molecule has 0 aliphatic carbocycles. The summed E-state index contributed by atoms with van der Waals surface area (Å²) in [5.74, 6) is 0.655. The van der Waals surface area contributed by atoms with Crippen LogP contribution in [0.2, 0.25) is 0 Å². The van der Waals surface area contributed by atoms with Crippen molar-refractivity contribution in [3.05, 3.63) is 90.5 Å². The Hall–Kier alpha value is -3.11. The van der Waals surface area contributed by atoms with Gasteiger partial charge in [-0.05, 0) is 48.5 Å². The summed E-state index contributed by atoms with van der Waals surface area (Å²) < 4.78 is 10.8. The first-order chi connectivity index (χ1) is 12.8. The van der Waals surface area contributed by atoms with E-state index in [1.54, 1.807) is 17.0 Å². The highest BCUT2D eigenvalue weighted by atomic mass is 16.6. The molecule has 0 spiro atoms. The quantitative estimate of drug-likeness (QED) is 0.620. The van der Waals surface area contributed by atoms with E-state index in [0.29, 0.717) is 12.2 Å². The zero-order chi connectivity index (χ0) is 17.8. The van der Waals surface area contributed by atoms with Crippen LogP contribution in [0.4, 0.5) is 11.4 Å². The van der Waals surface area contributed by atoms with Gasteiger partial charge in [-0.2, -0.15) is 0 Å². The summed E-state index contributed by atoms with van der Waals surface area (Å²) in [5, 5.41) is 0. The van der Waals surface area contributed by atoms with Crippen LogP contribution in [0.3, 0.4) is 0 Å². The molecule has 1 aliphatic rings. The van der Waals surface area contributed by atoms with E-state index >= 15 is 0 Å². The number of rotatable bonds is 6. The Morgan fingerprint density at radius 3 is 1.92 bits per heavy atom. The van der Waals surface area contributed by atoms with Gasteiger partial charge in [0.15, 0.2) is 0 Å². The molecule has 0 saturated carbocycles. The first-order valence-corrected chi connectivity index (χ1v) is 8.60. The molecule has 26 heavy (non-hydrogen) atoms. The van der Waals surface area contributed by atoms with Crippen LogP contribution in [0.25, 0.3) is 0 Å². The number of benzene rings is 3. The molecule has 3 aromatic rings. The zero-order valence-corrected chi connectivity index (χ0v) is 14.2. The Bertz CT molecular complexity index is 819. The van der Waals surface area contributed by atoms with Gasteiger partial charge in [0.05, 0.1) is 6.61 Å². The highest BCUT2D eigenvalue weighted by molar-refractivity contribution is 6.10. The third-order valence-corrected chi connectivity index (χ3v) is 4.17. The largest absolute Gasteiger partial charge is 0.491 e. The summed E-state index contributed by atoms with van der Waals surface area (Å²) in [6.07, 6.45) is 0.211. The van der Waals surface area contributed by atoms with E-state index in [-0.39, 0.29) is 12.0 Å². The summed E-state index contributed by atoms with van der Waals surface area (Å²) >= 11 is 0. The summed E-state index contributed by atoms with van der Waals surface area (Å²) in [6.45, 7) is 1.31. The second-order valence-corrected chi connectivity index (χ2v) is 6.10. The average Bonchev–Trinajstić information content (AvgIpc) is 3.53. The topological polar surface area (TPSA) is 42.1 Å². The van der Waals surface area contributed by atoms with Crippen LogP contribution in [0.1, 0.15) is 10.4 Å². The lowest BCUT2D eigenvalue weighted by Crippen LogP contribution is -2.25. The molecule has 4 nitrogen and oxygen atoms in total. The minimum Gasteiger partial charge on any atom is -0.491 e. The number of epoxide rings is 1. The van der Waals surface area contributed by atoms with Crippen molar-refractivity contribution in [1.29, 1.82) is 0 Å². The van der Waals surface area contributed by atoms with E-state index in [9.17, 15) is 4.79 Å². The van der Waals surface area contributed by atoms with Crippen LogP contribution < -0.4 is 9.64 Å². The second kappa shape index (κ2) is 7.42. The molecule has 1 heterocycles. The Labute approximate surface area is 152 Å². The van der Waals surface area contributed by atoms with Crippen molar-refractivity contribution in [3.8, 4) is 5.75 Å². The number of amides is 1. The van der Waals surface area contributed by atoms with Gasteiger partial charge in [0.25, 0.3) is 5.91 Å². The van der Waals surface area contributed by atoms with Crippen molar-refractivity contribution < 1.29 is 14.3 Å². The van der Waals surface area contributed by atoms with E-state index in [4.69, 9.17) is 9.47 Å². The molecule has 1 unspecified atom stereocenters. The molecule has 0 bridgehead atoms. The molecule has 4 rings (SSSR count). The van der Waals surface area contributed by atoms with Crippen LogP contribution >= 0.6 is 0 Å². The van der Waals surface area contributed by atoms with Crippen molar-refractivity contribution in [2.24, 2.45) is 0 Å². The lowest BCUT2D eigenvalue weighted by atomic mass is 10.1. The first-order valence-electron chi connectivity index (χ1n) is 8.60. The maximum Gasteiger partial charge on any atom is 0.262 e. The first kappa shape index (κ1) is 16.4. The number of nitrogens with zero attached hydrogens (tertiary/aromatic N) is 1. The van der Waals surface area contributed by atoms with Crippen LogP contribution in [0.5, 0.6) is 5.75 Å². The molecule has 0 radical (unpaired) electrons. The molecule has 4 heteroatoms. The Kier molecular flexibility index (Phi) is 4.67. The van der Waals surface area contributed by atoms with Gasteiger partial charge in [-0.15, -0.1) is 0 Å². The fraction of sp³-hybridized carbons (Fsp3) is 0.136. The number of carbonyl (C=O) groups excluding carboxylic acids is 1. The predicted octanol–water partition coefficient (Wildman–Crippen LogP) is 4.44. The molecule has 1 saturated heterocycles. The Morgan fingerprint density at radius 2 is 1.42 bits per heavy atom. The zero-order valence-electron chi connectivity index (χ0n) is 14.2.